The van der Waals surface area contributed by atoms with Crippen LogP contribution in [0.2, 0.25) is 0 Å². The number of amides is 1. The molecule has 5 nitrogen and oxygen atoms in total. The quantitative estimate of drug-likeness (QED) is 0.810. The van der Waals surface area contributed by atoms with Crippen LogP contribution in [0.4, 0.5) is 10.5 Å². The minimum Gasteiger partial charge on any atom is -0.444 e. The van der Waals surface area contributed by atoms with Crippen LogP contribution >= 0.6 is 0 Å². The molecule has 1 aromatic carbocycles. The lowest BCUT2D eigenvalue weighted by Gasteiger charge is -2.22. The van der Waals surface area contributed by atoms with Crippen LogP contribution in [-0.4, -0.2) is 38.4 Å². The molecule has 0 heterocycles. The van der Waals surface area contributed by atoms with Crippen LogP contribution in [0.5, 0.6) is 0 Å². The molecule has 130 valence electrons. The zero-order valence-corrected chi connectivity index (χ0v) is 15.3. The summed E-state index contributed by atoms with van der Waals surface area (Å²) in [6.07, 6.45) is 0.569. The number of anilines is 1. The van der Waals surface area contributed by atoms with E-state index < -0.39 is 5.60 Å². The van der Waals surface area contributed by atoms with E-state index in [1.165, 1.54) is 11.3 Å². The molecule has 0 bridgehead atoms. The van der Waals surface area contributed by atoms with E-state index >= 15 is 0 Å². The average molecular weight is 321 g/mol. The highest BCUT2D eigenvalue weighted by molar-refractivity contribution is 5.67. The smallest absolute Gasteiger partial charge is 0.407 e. The fraction of sp³-hybridized carbons (Fsp3) is 0.611. The molecule has 0 radical (unpaired) electrons. The number of carbonyl (C=O) groups excluding carboxylic acids is 1. The molecule has 5 heteroatoms. The van der Waals surface area contributed by atoms with E-state index in [1.54, 1.807) is 0 Å². The lowest BCUT2D eigenvalue weighted by Crippen LogP contribution is -2.42. The van der Waals surface area contributed by atoms with E-state index in [-0.39, 0.29) is 12.1 Å². The third kappa shape index (κ3) is 7.88. The summed E-state index contributed by atoms with van der Waals surface area (Å²) in [6.45, 7) is 9.02. The van der Waals surface area contributed by atoms with Crippen LogP contribution in [0.3, 0.4) is 0 Å². The van der Waals surface area contributed by atoms with Gasteiger partial charge in [0, 0.05) is 38.9 Å². The van der Waals surface area contributed by atoms with Gasteiger partial charge in [-0.25, -0.2) is 4.79 Å². The van der Waals surface area contributed by atoms with Crippen molar-refractivity contribution in [2.75, 3.05) is 25.5 Å². The Hall–Kier alpha value is -1.75. The van der Waals surface area contributed by atoms with Crippen molar-refractivity contribution >= 4 is 11.8 Å². The van der Waals surface area contributed by atoms with Gasteiger partial charge in [-0.3, -0.25) is 0 Å². The molecule has 1 aromatic rings. The second kappa shape index (κ2) is 8.77. The second-order valence-electron chi connectivity index (χ2n) is 6.93. The Labute approximate surface area is 140 Å². The molecule has 0 saturated carbocycles. The Morgan fingerprint density at radius 2 is 1.83 bits per heavy atom. The van der Waals surface area contributed by atoms with Crippen LogP contribution in [0.15, 0.2) is 24.3 Å². The normalized spacial score (nSPS) is 12.6. The van der Waals surface area contributed by atoms with Crippen LogP contribution in [0.1, 0.15) is 39.7 Å². The zero-order chi connectivity index (χ0) is 17.5. The number of ether oxygens (including phenoxy) is 1. The highest BCUT2D eigenvalue weighted by Crippen LogP contribution is 2.12. The molecule has 0 aliphatic carbocycles. The molecule has 0 spiro atoms. The molecule has 0 fully saturated rings. The first-order chi connectivity index (χ1) is 10.7. The van der Waals surface area contributed by atoms with E-state index in [2.05, 4.69) is 46.7 Å². The zero-order valence-electron chi connectivity index (χ0n) is 15.3. The second-order valence-corrected chi connectivity index (χ2v) is 6.93. The first-order valence-electron chi connectivity index (χ1n) is 8.17. The number of nitrogens with one attached hydrogen (secondary N) is 2. The van der Waals surface area contributed by atoms with Crippen molar-refractivity contribution in [3.63, 3.8) is 0 Å². The summed E-state index contributed by atoms with van der Waals surface area (Å²) in [5.41, 5.74) is 1.95. The Balaban J connectivity index is 2.40. The maximum atomic E-state index is 11.7. The lowest BCUT2D eigenvalue weighted by atomic mass is 10.1. The predicted octanol–water partition coefficient (Wildman–Crippen LogP) is 3.15. The molecular formula is C18H31N3O2. The number of rotatable bonds is 7. The molecule has 2 N–H and O–H groups in total. The molecule has 0 aliphatic heterocycles. The number of alkyl carbamates (subject to hydrolysis) is 1. The fourth-order valence-corrected chi connectivity index (χ4v) is 2.06. The Morgan fingerprint density at radius 3 is 2.30 bits per heavy atom. The molecule has 23 heavy (non-hydrogen) atoms. The number of carbonyl (C=O) groups is 1. The minimum atomic E-state index is -0.465. The van der Waals surface area contributed by atoms with E-state index in [4.69, 9.17) is 4.74 Å². The summed E-state index contributed by atoms with van der Waals surface area (Å²) < 4.78 is 5.25. The van der Waals surface area contributed by atoms with Gasteiger partial charge in [0.25, 0.3) is 0 Å². The van der Waals surface area contributed by atoms with Gasteiger partial charge in [-0.05, 0) is 44.9 Å². The summed E-state index contributed by atoms with van der Waals surface area (Å²) in [7, 11) is 4.06. The molecule has 0 saturated heterocycles. The highest BCUT2D eigenvalue weighted by atomic mass is 16.6. The van der Waals surface area contributed by atoms with Crippen LogP contribution in [0, 0.1) is 0 Å². The molecule has 0 aromatic heterocycles. The lowest BCUT2D eigenvalue weighted by molar-refractivity contribution is 0.0522. The summed E-state index contributed by atoms with van der Waals surface area (Å²) in [4.78, 5) is 13.8. The van der Waals surface area contributed by atoms with Gasteiger partial charge in [-0.2, -0.15) is 0 Å². The standard InChI is InChI=1S/C18H31N3O2/c1-7-15(13-20-17(22)23-18(2,3)4)19-12-14-8-10-16(11-9-14)21(5)6/h8-11,15,19H,7,12-13H2,1-6H3,(H,20,22). The largest absolute Gasteiger partial charge is 0.444 e. The third-order valence-electron chi connectivity index (χ3n) is 3.43. The Morgan fingerprint density at radius 1 is 1.22 bits per heavy atom. The predicted molar refractivity (Wildman–Crippen MR) is 95.9 cm³/mol. The van der Waals surface area contributed by atoms with E-state index in [1.807, 2.05) is 34.9 Å². The Bertz CT molecular complexity index is 478. The van der Waals surface area contributed by atoms with Gasteiger partial charge in [0.1, 0.15) is 5.60 Å². The monoisotopic (exact) mass is 321 g/mol. The van der Waals surface area contributed by atoms with Gasteiger partial charge in [-0.1, -0.05) is 19.1 Å². The molecule has 1 rings (SSSR count). The number of hydrogen-bond acceptors (Lipinski definition) is 4. The summed E-state index contributed by atoms with van der Waals surface area (Å²) in [5.74, 6) is 0. The summed E-state index contributed by atoms with van der Waals surface area (Å²) in [6, 6.07) is 8.68. The van der Waals surface area contributed by atoms with Crippen LogP contribution in [-0.2, 0) is 11.3 Å². The van der Waals surface area contributed by atoms with Crippen molar-refractivity contribution in [3.05, 3.63) is 29.8 Å². The Kier molecular flexibility index (Phi) is 7.36. The maximum absolute atomic E-state index is 11.7. The first-order valence-corrected chi connectivity index (χ1v) is 8.17. The van der Waals surface area contributed by atoms with Crippen LogP contribution < -0.4 is 15.5 Å². The van der Waals surface area contributed by atoms with Crippen molar-refractivity contribution < 1.29 is 9.53 Å². The number of hydrogen-bond donors (Lipinski definition) is 2. The van der Waals surface area contributed by atoms with Gasteiger partial charge in [0.15, 0.2) is 0 Å². The fourth-order valence-electron chi connectivity index (χ4n) is 2.06. The van der Waals surface area contributed by atoms with Gasteiger partial charge in [-0.15, -0.1) is 0 Å². The third-order valence-corrected chi connectivity index (χ3v) is 3.43. The van der Waals surface area contributed by atoms with Gasteiger partial charge < -0.3 is 20.3 Å². The number of benzene rings is 1. The van der Waals surface area contributed by atoms with Crippen LogP contribution in [0.25, 0.3) is 0 Å². The molecule has 1 unspecified atom stereocenters. The summed E-state index contributed by atoms with van der Waals surface area (Å²) in [5, 5.41) is 6.29. The van der Waals surface area contributed by atoms with Gasteiger partial charge in [0.05, 0.1) is 0 Å². The SMILES string of the molecule is CCC(CNC(=O)OC(C)(C)C)NCc1ccc(N(C)C)cc1. The summed E-state index contributed by atoms with van der Waals surface area (Å²) >= 11 is 0. The topological polar surface area (TPSA) is 53.6 Å². The van der Waals surface area contributed by atoms with Gasteiger partial charge in [0.2, 0.25) is 0 Å². The van der Waals surface area contributed by atoms with E-state index in [9.17, 15) is 4.79 Å². The van der Waals surface area contributed by atoms with Crippen molar-refractivity contribution in [3.8, 4) is 0 Å². The van der Waals surface area contributed by atoms with Crippen molar-refractivity contribution in [1.82, 2.24) is 10.6 Å². The maximum Gasteiger partial charge on any atom is 0.407 e. The van der Waals surface area contributed by atoms with E-state index in [0.717, 1.165) is 13.0 Å². The highest BCUT2D eigenvalue weighted by Gasteiger charge is 2.16. The first kappa shape index (κ1) is 19.3. The van der Waals surface area contributed by atoms with Crippen molar-refractivity contribution in [2.24, 2.45) is 0 Å². The molecule has 0 aliphatic rings. The van der Waals surface area contributed by atoms with E-state index in [0.29, 0.717) is 6.54 Å². The van der Waals surface area contributed by atoms with Crippen molar-refractivity contribution in [2.45, 2.75) is 52.3 Å². The molecule has 1 atom stereocenters. The number of nitrogens with zero attached hydrogens (tertiary/aromatic N) is 1. The minimum absolute atomic E-state index is 0.219. The van der Waals surface area contributed by atoms with Crippen molar-refractivity contribution in [1.29, 1.82) is 0 Å². The molecule has 1 amide bonds. The molecular weight excluding hydrogens is 290 g/mol. The van der Waals surface area contributed by atoms with Gasteiger partial charge >= 0.3 is 6.09 Å². The average Bonchev–Trinajstić information content (AvgIpc) is 2.46.